The normalized spacial score (nSPS) is 14.0. The van der Waals surface area contributed by atoms with Gasteiger partial charge in [-0.3, -0.25) is 28.7 Å². The van der Waals surface area contributed by atoms with Gasteiger partial charge in [-0.15, -0.1) is 13.2 Å². The number of nitrogens with zero attached hydrogens (tertiary/aromatic N) is 2. The molecule has 0 spiro atoms. The Morgan fingerprint density at radius 1 is 1.06 bits per heavy atom. The average Bonchev–Trinajstić information content (AvgIpc) is 2.78. The molecule has 1 aromatic carbocycles. The molecule has 0 bridgehead atoms. The molecule has 4 rings (SSSR count). The van der Waals surface area contributed by atoms with Crippen LogP contribution < -0.4 is 32.0 Å². The number of methoxy groups -OCH3 is 1. The van der Waals surface area contributed by atoms with Crippen molar-refractivity contribution in [1.29, 1.82) is 0 Å². The Bertz CT molecular complexity index is 1520. The van der Waals surface area contributed by atoms with Crippen LogP contribution in [0.5, 0.6) is 23.3 Å². The third kappa shape index (κ3) is 3.30. The molecule has 3 aromatic rings. The van der Waals surface area contributed by atoms with Crippen molar-refractivity contribution in [3.8, 4) is 23.3 Å². The van der Waals surface area contributed by atoms with Gasteiger partial charge in [-0.25, -0.2) is 9.59 Å². The lowest BCUT2D eigenvalue weighted by Crippen LogP contribution is -2.41. The van der Waals surface area contributed by atoms with E-state index in [1.807, 2.05) is 0 Å². The van der Waals surface area contributed by atoms with Crippen molar-refractivity contribution in [3.05, 3.63) is 102 Å². The molecule has 11 heteroatoms. The summed E-state index contributed by atoms with van der Waals surface area (Å²) in [5.74, 6) is -1.62. The minimum absolute atomic E-state index is 0.0954. The summed E-state index contributed by atoms with van der Waals surface area (Å²) in [4.78, 5) is 55.8. The van der Waals surface area contributed by atoms with E-state index < -0.39 is 34.3 Å². The molecule has 3 heterocycles. The van der Waals surface area contributed by atoms with Gasteiger partial charge in [-0.05, 0) is 6.07 Å². The van der Waals surface area contributed by atoms with Gasteiger partial charge < -0.3 is 14.6 Å². The molecule has 1 aliphatic heterocycles. The number of ether oxygens (including phenoxy) is 2. The first kappa shape index (κ1) is 21.7. The first-order valence-corrected chi connectivity index (χ1v) is 9.83. The lowest BCUT2D eigenvalue weighted by molar-refractivity contribution is 0.356. The number of aromatic hydroxyl groups is 1. The van der Waals surface area contributed by atoms with Crippen LogP contribution in [0.1, 0.15) is 22.6 Å². The summed E-state index contributed by atoms with van der Waals surface area (Å²) in [7, 11) is 1.41. The van der Waals surface area contributed by atoms with E-state index in [-0.39, 0.29) is 41.6 Å². The van der Waals surface area contributed by atoms with Gasteiger partial charge in [0.2, 0.25) is 11.8 Å². The highest BCUT2D eigenvalue weighted by Gasteiger charge is 2.38. The summed E-state index contributed by atoms with van der Waals surface area (Å²) in [6.07, 6.45) is 2.74. The molecule has 0 fully saturated rings. The topological polar surface area (TPSA) is 148 Å². The maximum Gasteiger partial charge on any atom is 0.331 e. The van der Waals surface area contributed by atoms with Crippen LogP contribution in [0.4, 0.5) is 0 Å². The summed E-state index contributed by atoms with van der Waals surface area (Å²) in [5.41, 5.74) is -3.28. The second-order valence-corrected chi connectivity index (χ2v) is 7.19. The summed E-state index contributed by atoms with van der Waals surface area (Å²) >= 11 is 0. The van der Waals surface area contributed by atoms with Gasteiger partial charge in [0.05, 0.1) is 24.2 Å². The number of para-hydroxylation sites is 1. The second kappa shape index (κ2) is 8.19. The Morgan fingerprint density at radius 3 is 2.39 bits per heavy atom. The number of hydrogen-bond acceptors (Lipinski definition) is 7. The van der Waals surface area contributed by atoms with E-state index in [9.17, 15) is 24.3 Å². The molecule has 0 radical (unpaired) electrons. The Balaban J connectivity index is 2.17. The van der Waals surface area contributed by atoms with Gasteiger partial charge in [0, 0.05) is 18.7 Å². The van der Waals surface area contributed by atoms with Gasteiger partial charge in [-0.1, -0.05) is 24.3 Å². The second-order valence-electron chi connectivity index (χ2n) is 7.19. The van der Waals surface area contributed by atoms with Gasteiger partial charge >= 0.3 is 11.4 Å². The number of fused-ring (bicyclic) bond motifs is 2. The fraction of sp³-hybridized carbons (Fsp3) is 0.182. The minimum Gasteiger partial charge on any atom is -0.494 e. The Kier molecular flexibility index (Phi) is 5.38. The third-order valence-corrected chi connectivity index (χ3v) is 5.34. The smallest absolute Gasteiger partial charge is 0.331 e. The fourth-order valence-corrected chi connectivity index (χ4v) is 3.92. The van der Waals surface area contributed by atoms with E-state index in [0.717, 1.165) is 9.13 Å². The molecular weight excluding hydrogens is 432 g/mol. The first-order valence-electron chi connectivity index (χ1n) is 9.83. The van der Waals surface area contributed by atoms with Gasteiger partial charge in [0.1, 0.15) is 0 Å². The highest BCUT2D eigenvalue weighted by molar-refractivity contribution is 5.61. The molecule has 1 unspecified atom stereocenters. The highest BCUT2D eigenvalue weighted by atomic mass is 16.5. The van der Waals surface area contributed by atoms with Crippen molar-refractivity contribution in [2.24, 2.45) is 0 Å². The highest BCUT2D eigenvalue weighted by Crippen LogP contribution is 2.49. The SMILES string of the molecule is C=CCn1c(O)c(C2c3cccc(OC)c3Oc3[nH]c(=O)n(CC=C)c(=O)c32)c(=O)[nH]c1=O. The quantitative estimate of drug-likeness (QED) is 0.366. The summed E-state index contributed by atoms with van der Waals surface area (Å²) in [6.45, 7) is 6.91. The maximum absolute atomic E-state index is 13.4. The van der Waals surface area contributed by atoms with E-state index in [4.69, 9.17) is 9.47 Å². The van der Waals surface area contributed by atoms with Crippen LogP contribution in [0.2, 0.25) is 0 Å². The lowest BCUT2D eigenvalue weighted by Gasteiger charge is -2.28. The molecule has 0 amide bonds. The van der Waals surface area contributed by atoms with Crippen LogP contribution in [0.25, 0.3) is 0 Å². The Labute approximate surface area is 185 Å². The van der Waals surface area contributed by atoms with Crippen LogP contribution in [-0.4, -0.2) is 31.3 Å². The van der Waals surface area contributed by atoms with E-state index >= 15 is 0 Å². The zero-order valence-electron chi connectivity index (χ0n) is 17.6. The predicted molar refractivity (Wildman–Crippen MR) is 119 cm³/mol. The van der Waals surface area contributed by atoms with Crippen molar-refractivity contribution in [3.63, 3.8) is 0 Å². The zero-order chi connectivity index (χ0) is 23.9. The first-order chi connectivity index (χ1) is 15.8. The monoisotopic (exact) mass is 452 g/mol. The molecule has 11 nitrogen and oxygen atoms in total. The number of nitrogens with one attached hydrogen (secondary N) is 2. The van der Waals surface area contributed by atoms with E-state index in [0.29, 0.717) is 5.56 Å². The number of aromatic nitrogens is 4. The van der Waals surface area contributed by atoms with E-state index in [2.05, 4.69) is 23.1 Å². The molecule has 0 saturated heterocycles. The molecular formula is C22H20N4O7. The number of rotatable bonds is 6. The van der Waals surface area contributed by atoms with Crippen LogP contribution in [0, 0.1) is 0 Å². The lowest BCUT2D eigenvalue weighted by atomic mass is 9.84. The summed E-state index contributed by atoms with van der Waals surface area (Å²) in [5, 5.41) is 11.0. The van der Waals surface area contributed by atoms with Crippen molar-refractivity contribution in [1.82, 2.24) is 19.1 Å². The van der Waals surface area contributed by atoms with Crippen LogP contribution >= 0.6 is 0 Å². The summed E-state index contributed by atoms with van der Waals surface area (Å²) in [6, 6.07) is 4.81. The van der Waals surface area contributed by atoms with Crippen LogP contribution in [-0.2, 0) is 13.1 Å². The van der Waals surface area contributed by atoms with Crippen molar-refractivity contribution in [2.45, 2.75) is 19.0 Å². The van der Waals surface area contributed by atoms with Crippen LogP contribution in [0.15, 0.2) is 62.7 Å². The van der Waals surface area contributed by atoms with Gasteiger partial charge in [-0.2, -0.15) is 0 Å². The largest absolute Gasteiger partial charge is 0.494 e. The Hall–Kier alpha value is -4.54. The van der Waals surface area contributed by atoms with Crippen molar-refractivity contribution < 1.29 is 14.6 Å². The number of hydrogen-bond donors (Lipinski definition) is 3. The number of benzene rings is 1. The number of H-pyrrole nitrogens is 2. The predicted octanol–water partition coefficient (Wildman–Crippen LogP) is 0.759. The molecule has 1 aliphatic rings. The molecule has 3 N–H and O–H groups in total. The van der Waals surface area contributed by atoms with E-state index in [1.165, 1.54) is 19.3 Å². The molecule has 170 valence electrons. The number of aromatic amines is 2. The van der Waals surface area contributed by atoms with Gasteiger partial charge in [0.15, 0.2) is 11.5 Å². The minimum atomic E-state index is -1.19. The fourth-order valence-electron chi connectivity index (χ4n) is 3.92. The molecule has 2 aromatic heterocycles. The molecule has 33 heavy (non-hydrogen) atoms. The zero-order valence-corrected chi connectivity index (χ0v) is 17.6. The molecule has 0 saturated carbocycles. The Morgan fingerprint density at radius 2 is 1.73 bits per heavy atom. The number of allylic oxidation sites excluding steroid dienone is 2. The van der Waals surface area contributed by atoms with E-state index in [1.54, 1.807) is 18.2 Å². The van der Waals surface area contributed by atoms with Crippen molar-refractivity contribution >= 4 is 0 Å². The van der Waals surface area contributed by atoms with Crippen molar-refractivity contribution in [2.75, 3.05) is 7.11 Å². The maximum atomic E-state index is 13.4. The third-order valence-electron chi connectivity index (χ3n) is 5.34. The average molecular weight is 452 g/mol. The van der Waals surface area contributed by atoms with Gasteiger partial charge in [0.25, 0.3) is 11.1 Å². The molecule has 0 aliphatic carbocycles. The summed E-state index contributed by atoms with van der Waals surface area (Å²) < 4.78 is 13.0. The molecule has 1 atom stereocenters. The van der Waals surface area contributed by atoms with Crippen LogP contribution in [0.3, 0.4) is 0 Å². The standard InChI is InChI=1S/C22H20N4O7/c1-4-9-25-19(28)14(17(27)23-21(25)30)13-11-7-6-8-12(32-3)16(11)33-18-15(13)20(29)26(10-5-2)22(31)24-18/h4-8,13,28H,1-2,9-10H2,3H3,(H,24,31)(H,23,27,30).